The predicted molar refractivity (Wildman–Crippen MR) is 123 cm³/mol. The molecule has 1 heterocycles. The molecule has 0 aliphatic carbocycles. The summed E-state index contributed by atoms with van der Waals surface area (Å²) in [4.78, 5) is 28.2. The van der Waals surface area contributed by atoms with Gasteiger partial charge in [-0.05, 0) is 56.3 Å². The summed E-state index contributed by atoms with van der Waals surface area (Å²) >= 11 is 0. The van der Waals surface area contributed by atoms with E-state index in [1.54, 1.807) is 31.2 Å². The molecular formula is C25H30FN3O3. The van der Waals surface area contributed by atoms with Gasteiger partial charge in [0.05, 0.1) is 13.2 Å². The lowest BCUT2D eigenvalue weighted by molar-refractivity contribution is -0.137. The molecule has 2 aromatic carbocycles. The fourth-order valence-corrected chi connectivity index (χ4v) is 3.64. The van der Waals surface area contributed by atoms with Crippen LogP contribution in [0.4, 0.5) is 10.1 Å². The highest BCUT2D eigenvalue weighted by Crippen LogP contribution is 2.14. The molecule has 0 unspecified atom stereocenters. The summed E-state index contributed by atoms with van der Waals surface area (Å²) in [7, 11) is 0. The van der Waals surface area contributed by atoms with E-state index in [2.05, 4.69) is 15.1 Å². The van der Waals surface area contributed by atoms with E-state index in [1.807, 2.05) is 24.3 Å². The number of amides is 1. The lowest BCUT2D eigenvalue weighted by Crippen LogP contribution is -2.36. The number of nitrogens with zero attached hydrogens (tertiary/aromatic N) is 2. The van der Waals surface area contributed by atoms with Crippen molar-refractivity contribution in [3.63, 3.8) is 0 Å². The van der Waals surface area contributed by atoms with E-state index < -0.39 is 0 Å². The second-order valence-electron chi connectivity index (χ2n) is 7.75. The van der Waals surface area contributed by atoms with Crippen molar-refractivity contribution in [1.82, 2.24) is 9.80 Å². The zero-order valence-electron chi connectivity index (χ0n) is 18.4. The number of halogens is 1. The maximum absolute atomic E-state index is 13.9. The van der Waals surface area contributed by atoms with Gasteiger partial charge in [0.25, 0.3) is 0 Å². The molecule has 1 aliphatic heterocycles. The Balaban J connectivity index is 1.44. The first kappa shape index (κ1) is 23.6. The molecule has 0 spiro atoms. The van der Waals surface area contributed by atoms with Crippen LogP contribution in [0.1, 0.15) is 24.5 Å². The van der Waals surface area contributed by atoms with Gasteiger partial charge in [0, 0.05) is 37.0 Å². The van der Waals surface area contributed by atoms with Crippen LogP contribution in [-0.4, -0.2) is 61.0 Å². The summed E-state index contributed by atoms with van der Waals surface area (Å²) in [6, 6.07) is 14.2. The number of anilines is 1. The average Bonchev–Trinajstić information content (AvgIpc) is 3.00. The third-order valence-corrected chi connectivity index (χ3v) is 5.29. The van der Waals surface area contributed by atoms with Gasteiger partial charge in [-0.25, -0.2) is 9.18 Å². The number of ether oxygens (including phenoxy) is 1. The molecule has 1 amide bonds. The van der Waals surface area contributed by atoms with Crippen molar-refractivity contribution >= 4 is 23.6 Å². The average molecular weight is 440 g/mol. The summed E-state index contributed by atoms with van der Waals surface area (Å²) in [5.41, 5.74) is 2.26. The summed E-state index contributed by atoms with van der Waals surface area (Å²) in [5.74, 6) is -0.618. The first-order valence-electron chi connectivity index (χ1n) is 11.0. The Morgan fingerprint density at radius 3 is 2.50 bits per heavy atom. The summed E-state index contributed by atoms with van der Waals surface area (Å²) in [6.45, 7) is 6.28. The second kappa shape index (κ2) is 12.1. The monoisotopic (exact) mass is 439 g/mol. The maximum atomic E-state index is 13.9. The van der Waals surface area contributed by atoms with Crippen molar-refractivity contribution in [2.45, 2.75) is 19.9 Å². The summed E-state index contributed by atoms with van der Waals surface area (Å²) in [6.07, 6.45) is 3.99. The molecule has 1 fully saturated rings. The largest absolute Gasteiger partial charge is 0.463 e. The Labute approximate surface area is 188 Å². The molecule has 32 heavy (non-hydrogen) atoms. The Morgan fingerprint density at radius 2 is 1.75 bits per heavy atom. The van der Waals surface area contributed by atoms with E-state index in [0.717, 1.165) is 38.2 Å². The number of rotatable bonds is 8. The summed E-state index contributed by atoms with van der Waals surface area (Å²) < 4.78 is 18.8. The molecule has 1 N–H and O–H groups in total. The number of carbonyl (C=O) groups is 2. The molecule has 0 bridgehead atoms. The zero-order valence-corrected chi connectivity index (χ0v) is 18.4. The van der Waals surface area contributed by atoms with E-state index in [4.69, 9.17) is 4.74 Å². The molecule has 2 aromatic rings. The Morgan fingerprint density at radius 1 is 1.03 bits per heavy atom. The van der Waals surface area contributed by atoms with Crippen LogP contribution in [0.5, 0.6) is 0 Å². The number of hydrogen-bond acceptors (Lipinski definition) is 5. The van der Waals surface area contributed by atoms with Crippen LogP contribution in [0.2, 0.25) is 0 Å². The molecule has 6 nitrogen and oxygen atoms in total. The van der Waals surface area contributed by atoms with Gasteiger partial charge in [0.15, 0.2) is 0 Å². The third kappa shape index (κ3) is 7.59. The number of benzene rings is 2. The van der Waals surface area contributed by atoms with Crippen molar-refractivity contribution in [3.05, 3.63) is 71.6 Å². The van der Waals surface area contributed by atoms with E-state index in [9.17, 15) is 14.0 Å². The van der Waals surface area contributed by atoms with E-state index in [1.165, 1.54) is 12.1 Å². The molecule has 1 aliphatic rings. The van der Waals surface area contributed by atoms with Gasteiger partial charge in [-0.15, -0.1) is 0 Å². The van der Waals surface area contributed by atoms with Crippen molar-refractivity contribution in [2.24, 2.45) is 0 Å². The minimum Gasteiger partial charge on any atom is -0.463 e. The molecule has 0 saturated carbocycles. The SMILES string of the molecule is CCOC(=O)/C=C/c1ccc(NC(=O)CN2CCCN(Cc3ccccc3F)CC2)cc1. The van der Waals surface area contributed by atoms with Crippen molar-refractivity contribution in [3.8, 4) is 0 Å². The second-order valence-corrected chi connectivity index (χ2v) is 7.75. The highest BCUT2D eigenvalue weighted by atomic mass is 19.1. The molecule has 0 atom stereocenters. The first-order valence-corrected chi connectivity index (χ1v) is 11.0. The van der Waals surface area contributed by atoms with Gasteiger partial charge in [-0.1, -0.05) is 30.3 Å². The van der Waals surface area contributed by atoms with Crippen molar-refractivity contribution in [1.29, 1.82) is 0 Å². The van der Waals surface area contributed by atoms with Gasteiger partial charge >= 0.3 is 5.97 Å². The molecule has 1 saturated heterocycles. The van der Waals surface area contributed by atoms with Crippen LogP contribution in [0.15, 0.2) is 54.6 Å². The molecule has 170 valence electrons. The predicted octanol–water partition coefficient (Wildman–Crippen LogP) is 3.55. The number of hydrogen-bond donors (Lipinski definition) is 1. The minimum absolute atomic E-state index is 0.0673. The van der Waals surface area contributed by atoms with Gasteiger partial charge in [0.1, 0.15) is 5.82 Å². The molecule has 3 rings (SSSR count). The molecule has 0 aromatic heterocycles. The van der Waals surface area contributed by atoms with Crippen LogP contribution in [0.3, 0.4) is 0 Å². The highest BCUT2D eigenvalue weighted by molar-refractivity contribution is 5.92. The number of carbonyl (C=O) groups excluding carboxylic acids is 2. The van der Waals surface area contributed by atoms with Gasteiger partial charge in [-0.2, -0.15) is 0 Å². The topological polar surface area (TPSA) is 61.9 Å². The molecular weight excluding hydrogens is 409 g/mol. The number of nitrogens with one attached hydrogen (secondary N) is 1. The Hall–Kier alpha value is -3.03. The van der Waals surface area contributed by atoms with E-state index in [-0.39, 0.29) is 17.7 Å². The van der Waals surface area contributed by atoms with Crippen molar-refractivity contribution < 1.29 is 18.7 Å². The third-order valence-electron chi connectivity index (χ3n) is 5.29. The van der Waals surface area contributed by atoms with E-state index in [0.29, 0.717) is 30.9 Å². The number of esters is 1. The minimum atomic E-state index is -0.380. The van der Waals surface area contributed by atoms with Crippen molar-refractivity contribution in [2.75, 3.05) is 44.6 Å². The van der Waals surface area contributed by atoms with Crippen LogP contribution in [-0.2, 0) is 20.9 Å². The summed E-state index contributed by atoms with van der Waals surface area (Å²) in [5, 5.41) is 2.92. The fourth-order valence-electron chi connectivity index (χ4n) is 3.64. The van der Waals surface area contributed by atoms with Gasteiger partial charge in [0.2, 0.25) is 5.91 Å². The van der Waals surface area contributed by atoms with Crippen LogP contribution < -0.4 is 5.32 Å². The zero-order chi connectivity index (χ0) is 22.8. The Kier molecular flexibility index (Phi) is 8.95. The van der Waals surface area contributed by atoms with Crippen LogP contribution in [0, 0.1) is 5.82 Å². The van der Waals surface area contributed by atoms with Crippen LogP contribution >= 0.6 is 0 Å². The molecule has 7 heteroatoms. The highest BCUT2D eigenvalue weighted by Gasteiger charge is 2.18. The maximum Gasteiger partial charge on any atom is 0.330 e. The Bertz CT molecular complexity index is 930. The van der Waals surface area contributed by atoms with Gasteiger partial charge < -0.3 is 10.1 Å². The first-order chi connectivity index (χ1) is 15.5. The lowest BCUT2D eigenvalue weighted by atomic mass is 10.2. The lowest BCUT2D eigenvalue weighted by Gasteiger charge is -2.21. The standard InChI is InChI=1S/C25H30FN3O3/c1-2-32-25(31)13-10-20-8-11-22(12-9-20)27-24(30)19-29-15-5-14-28(16-17-29)18-21-6-3-4-7-23(21)26/h3-4,6-13H,2,5,14-19H2,1H3,(H,27,30)/b13-10+. The fraction of sp³-hybridized carbons (Fsp3) is 0.360. The normalized spacial score (nSPS) is 15.4. The quantitative estimate of drug-likeness (QED) is 0.504. The van der Waals surface area contributed by atoms with Gasteiger partial charge in [-0.3, -0.25) is 14.6 Å². The van der Waals surface area contributed by atoms with Crippen LogP contribution in [0.25, 0.3) is 6.08 Å². The van der Waals surface area contributed by atoms with E-state index >= 15 is 0 Å². The molecule has 0 radical (unpaired) electrons. The smallest absolute Gasteiger partial charge is 0.330 e.